The van der Waals surface area contributed by atoms with Gasteiger partial charge in [-0.25, -0.2) is 0 Å². The third-order valence-corrected chi connectivity index (χ3v) is 2.65. The van der Waals surface area contributed by atoms with Crippen molar-refractivity contribution in [3.05, 3.63) is 16.4 Å². The summed E-state index contributed by atoms with van der Waals surface area (Å²) in [4.78, 5) is 0. The van der Waals surface area contributed by atoms with Gasteiger partial charge in [-0.3, -0.25) is 4.68 Å². The van der Waals surface area contributed by atoms with Crippen LogP contribution in [0.15, 0.2) is 0 Å². The molecule has 0 aromatic carbocycles. The van der Waals surface area contributed by atoms with Crippen LogP contribution >= 0.6 is 11.6 Å². The first-order valence-electron chi connectivity index (χ1n) is 4.95. The first-order chi connectivity index (χ1) is 7.16. The first kappa shape index (κ1) is 12.1. The van der Waals surface area contributed by atoms with Gasteiger partial charge in [-0.2, -0.15) is 5.10 Å². The number of hydrogen-bond acceptors (Lipinski definition) is 2. The maximum atomic E-state index is 6.09. The molecule has 0 aliphatic carbocycles. The van der Waals surface area contributed by atoms with E-state index in [1.54, 1.807) is 4.68 Å². The van der Waals surface area contributed by atoms with E-state index in [9.17, 15) is 0 Å². The van der Waals surface area contributed by atoms with Gasteiger partial charge in [0, 0.05) is 32.1 Å². The van der Waals surface area contributed by atoms with E-state index in [4.69, 9.17) is 11.6 Å². The molecule has 0 aliphatic rings. The van der Waals surface area contributed by atoms with E-state index in [0.29, 0.717) is 5.15 Å². The van der Waals surface area contributed by atoms with E-state index < -0.39 is 0 Å². The Kier molecular flexibility index (Phi) is 4.67. The molecule has 1 N–H and O–H groups in total. The van der Waals surface area contributed by atoms with E-state index >= 15 is 0 Å². The smallest absolute Gasteiger partial charge is 0.131 e. The molecule has 1 aromatic heterocycles. The van der Waals surface area contributed by atoms with E-state index in [1.165, 1.54) is 0 Å². The Morgan fingerprint density at radius 3 is 2.80 bits per heavy atom. The Balaban J connectivity index is 2.46. The van der Waals surface area contributed by atoms with Crippen molar-refractivity contribution in [3.8, 4) is 11.8 Å². The molecule has 4 heteroatoms. The van der Waals surface area contributed by atoms with Gasteiger partial charge in [0.25, 0.3) is 0 Å². The molecule has 0 fully saturated rings. The second-order valence-electron chi connectivity index (χ2n) is 3.33. The molecule has 0 amide bonds. The van der Waals surface area contributed by atoms with Crippen LogP contribution in [0.2, 0.25) is 5.15 Å². The highest BCUT2D eigenvalue weighted by Gasteiger charge is 2.09. The average Bonchev–Trinajstić information content (AvgIpc) is 2.44. The molecule has 0 atom stereocenters. The minimum absolute atomic E-state index is 0.710. The summed E-state index contributed by atoms with van der Waals surface area (Å²) in [7, 11) is 1.85. The van der Waals surface area contributed by atoms with Crippen molar-refractivity contribution in [2.75, 3.05) is 6.54 Å². The average molecular weight is 226 g/mol. The van der Waals surface area contributed by atoms with Gasteiger partial charge in [0.15, 0.2) is 0 Å². The lowest BCUT2D eigenvalue weighted by molar-refractivity contribution is 0.698. The van der Waals surface area contributed by atoms with E-state index in [1.807, 2.05) is 20.9 Å². The predicted molar refractivity (Wildman–Crippen MR) is 62.7 cm³/mol. The van der Waals surface area contributed by atoms with Crippen LogP contribution in [0.5, 0.6) is 0 Å². The number of aromatic nitrogens is 2. The molecule has 15 heavy (non-hydrogen) atoms. The fourth-order valence-electron chi connectivity index (χ4n) is 1.36. The molecular formula is C11H16ClN3. The monoisotopic (exact) mass is 225 g/mol. The van der Waals surface area contributed by atoms with Gasteiger partial charge in [-0.15, -0.1) is 11.8 Å². The molecule has 0 bridgehead atoms. The number of rotatable bonds is 4. The molecule has 1 aromatic rings. The lowest BCUT2D eigenvalue weighted by atomic mass is 10.2. The number of halogens is 1. The van der Waals surface area contributed by atoms with Crippen LogP contribution < -0.4 is 5.32 Å². The first-order valence-corrected chi connectivity index (χ1v) is 5.33. The molecule has 0 spiro atoms. The minimum Gasteiger partial charge on any atom is -0.312 e. The summed E-state index contributed by atoms with van der Waals surface area (Å²) in [5, 5.41) is 8.24. The van der Waals surface area contributed by atoms with Crippen LogP contribution in [0.4, 0.5) is 0 Å². The molecule has 1 rings (SSSR count). The molecule has 0 unspecified atom stereocenters. The second kappa shape index (κ2) is 5.79. The highest BCUT2D eigenvalue weighted by molar-refractivity contribution is 6.30. The Hall–Kier alpha value is -0.980. The maximum Gasteiger partial charge on any atom is 0.131 e. The van der Waals surface area contributed by atoms with Crippen LogP contribution in [0.3, 0.4) is 0 Å². The van der Waals surface area contributed by atoms with Gasteiger partial charge in [0.05, 0.1) is 5.69 Å². The van der Waals surface area contributed by atoms with Crippen LogP contribution in [-0.2, 0) is 13.6 Å². The summed E-state index contributed by atoms with van der Waals surface area (Å²) in [6.07, 6.45) is 0.868. The van der Waals surface area contributed by atoms with Crippen LogP contribution in [0.25, 0.3) is 0 Å². The quantitative estimate of drug-likeness (QED) is 0.627. The van der Waals surface area contributed by atoms with Crippen molar-refractivity contribution in [2.45, 2.75) is 26.8 Å². The summed E-state index contributed by atoms with van der Waals surface area (Å²) in [6.45, 7) is 5.45. The molecule has 0 saturated heterocycles. The summed E-state index contributed by atoms with van der Waals surface area (Å²) >= 11 is 6.09. The van der Waals surface area contributed by atoms with Gasteiger partial charge in [-0.1, -0.05) is 11.6 Å². The van der Waals surface area contributed by atoms with Gasteiger partial charge < -0.3 is 5.32 Å². The summed E-state index contributed by atoms with van der Waals surface area (Å²) < 4.78 is 1.69. The topological polar surface area (TPSA) is 29.9 Å². The Bertz CT molecular complexity index is 385. The number of nitrogens with one attached hydrogen (secondary N) is 1. The molecule has 0 radical (unpaired) electrons. The van der Waals surface area contributed by atoms with Crippen LogP contribution in [-0.4, -0.2) is 16.3 Å². The second-order valence-corrected chi connectivity index (χ2v) is 3.69. The Morgan fingerprint density at radius 1 is 1.53 bits per heavy atom. The molecule has 3 nitrogen and oxygen atoms in total. The number of aryl methyl sites for hydroxylation is 2. The van der Waals surface area contributed by atoms with Crippen LogP contribution in [0.1, 0.15) is 24.6 Å². The predicted octanol–water partition coefficient (Wildman–Crippen LogP) is 1.88. The largest absolute Gasteiger partial charge is 0.312 e. The Labute approximate surface area is 95.8 Å². The van der Waals surface area contributed by atoms with Crippen molar-refractivity contribution < 1.29 is 0 Å². The van der Waals surface area contributed by atoms with Crippen molar-refractivity contribution >= 4 is 11.6 Å². The van der Waals surface area contributed by atoms with Crippen LogP contribution in [0, 0.1) is 18.8 Å². The van der Waals surface area contributed by atoms with Gasteiger partial charge in [0.1, 0.15) is 5.15 Å². The van der Waals surface area contributed by atoms with Crippen molar-refractivity contribution in [1.82, 2.24) is 15.1 Å². The van der Waals surface area contributed by atoms with Gasteiger partial charge in [0.2, 0.25) is 0 Å². The number of nitrogens with zero attached hydrogens (tertiary/aromatic N) is 2. The SMILES string of the molecule is CC#CCCNCc1c(C)nn(C)c1Cl. The van der Waals surface area contributed by atoms with E-state index in [2.05, 4.69) is 22.3 Å². The zero-order valence-electron chi connectivity index (χ0n) is 9.39. The van der Waals surface area contributed by atoms with Crippen molar-refractivity contribution in [2.24, 2.45) is 7.05 Å². The highest BCUT2D eigenvalue weighted by atomic mass is 35.5. The molecule has 82 valence electrons. The third-order valence-electron chi connectivity index (χ3n) is 2.18. The molecular weight excluding hydrogens is 210 g/mol. The fourth-order valence-corrected chi connectivity index (χ4v) is 1.61. The van der Waals surface area contributed by atoms with Gasteiger partial charge >= 0.3 is 0 Å². The fraction of sp³-hybridized carbons (Fsp3) is 0.545. The van der Waals surface area contributed by atoms with E-state index in [0.717, 1.165) is 30.8 Å². The maximum absolute atomic E-state index is 6.09. The summed E-state index contributed by atoms with van der Waals surface area (Å²) in [5.41, 5.74) is 2.06. The van der Waals surface area contributed by atoms with Crippen molar-refractivity contribution in [3.63, 3.8) is 0 Å². The molecule has 1 heterocycles. The lowest BCUT2D eigenvalue weighted by Crippen LogP contribution is -2.14. The zero-order chi connectivity index (χ0) is 11.3. The molecule has 0 saturated carbocycles. The summed E-state index contributed by atoms with van der Waals surface area (Å²) in [5.74, 6) is 5.86. The number of hydrogen-bond donors (Lipinski definition) is 1. The minimum atomic E-state index is 0.710. The van der Waals surface area contributed by atoms with Crippen molar-refractivity contribution in [1.29, 1.82) is 0 Å². The van der Waals surface area contributed by atoms with E-state index in [-0.39, 0.29) is 0 Å². The lowest BCUT2D eigenvalue weighted by Gasteiger charge is -2.01. The standard InChI is InChI=1S/C11H16ClN3/c1-4-5-6-7-13-8-10-9(2)14-15(3)11(10)12/h13H,6-8H2,1-3H3. The normalized spacial score (nSPS) is 9.87. The Morgan fingerprint density at radius 2 is 2.27 bits per heavy atom. The third kappa shape index (κ3) is 3.26. The summed E-state index contributed by atoms with van der Waals surface area (Å²) in [6, 6.07) is 0. The highest BCUT2D eigenvalue weighted by Crippen LogP contribution is 2.17. The zero-order valence-corrected chi connectivity index (χ0v) is 10.1. The molecule has 0 aliphatic heterocycles. The van der Waals surface area contributed by atoms with Gasteiger partial charge in [-0.05, 0) is 13.8 Å².